The van der Waals surface area contributed by atoms with Gasteiger partial charge in [-0.25, -0.2) is 9.97 Å². The molecule has 0 spiro atoms. The van der Waals surface area contributed by atoms with E-state index in [2.05, 4.69) is 25.9 Å². The summed E-state index contributed by atoms with van der Waals surface area (Å²) in [6.07, 6.45) is 1.69. The zero-order chi connectivity index (χ0) is 27.2. The number of thiocarbonyl (C=S) groups is 1. The Bertz CT molecular complexity index is 1600. The second-order valence-corrected chi connectivity index (χ2v) is 9.54. The van der Waals surface area contributed by atoms with Crippen LogP contribution >= 0.6 is 35.4 Å². The second kappa shape index (κ2) is 12.2. The molecule has 2 aromatic heterocycles. The van der Waals surface area contributed by atoms with Crippen LogP contribution < -0.4 is 26.4 Å². The number of para-hydroxylation sites is 1. The zero-order valence-corrected chi connectivity index (χ0v) is 22.8. The van der Waals surface area contributed by atoms with Gasteiger partial charge in [0.05, 0.1) is 10.0 Å². The number of benzene rings is 3. The summed E-state index contributed by atoms with van der Waals surface area (Å²) in [5.74, 6) is 1.55. The minimum atomic E-state index is 0.349. The lowest BCUT2D eigenvalue weighted by Crippen LogP contribution is -2.20. The first kappa shape index (κ1) is 26.6. The molecular weight excluding hydrogens is 553 g/mol. The highest BCUT2D eigenvalue weighted by atomic mass is 35.5. The van der Waals surface area contributed by atoms with E-state index in [-0.39, 0.29) is 0 Å². The van der Waals surface area contributed by atoms with Crippen LogP contribution in [-0.2, 0) is 0 Å². The normalized spacial score (nSPS) is 10.7. The van der Waals surface area contributed by atoms with Crippen molar-refractivity contribution in [1.29, 1.82) is 0 Å². The third-order valence-corrected chi connectivity index (χ3v) is 6.40. The fourth-order valence-electron chi connectivity index (χ4n) is 3.80. The molecular formula is C28H23Cl2N7OS. The van der Waals surface area contributed by atoms with Crippen molar-refractivity contribution in [1.82, 2.24) is 15.0 Å². The van der Waals surface area contributed by atoms with Crippen molar-refractivity contribution in [2.45, 2.75) is 0 Å². The maximum absolute atomic E-state index is 6.56. The number of rotatable bonds is 8. The minimum absolute atomic E-state index is 0.349. The van der Waals surface area contributed by atoms with E-state index in [0.717, 1.165) is 17.1 Å². The van der Waals surface area contributed by atoms with Crippen LogP contribution in [0.2, 0.25) is 10.0 Å². The maximum Gasteiger partial charge on any atom is 0.229 e. The lowest BCUT2D eigenvalue weighted by molar-refractivity contribution is 0.328. The molecule has 0 aliphatic heterocycles. The van der Waals surface area contributed by atoms with Crippen LogP contribution in [0.4, 0.5) is 23.1 Å². The molecule has 0 saturated carbocycles. The van der Waals surface area contributed by atoms with Crippen molar-refractivity contribution in [3.05, 3.63) is 95.1 Å². The molecule has 3 aromatic carbocycles. The Hall–Kier alpha value is -4.02. The van der Waals surface area contributed by atoms with E-state index in [9.17, 15) is 0 Å². The molecule has 0 bridgehead atoms. The van der Waals surface area contributed by atoms with Crippen molar-refractivity contribution in [2.24, 2.45) is 5.73 Å². The van der Waals surface area contributed by atoms with Gasteiger partial charge in [0.25, 0.3) is 0 Å². The number of anilines is 4. The number of halogens is 2. The average Bonchev–Trinajstić information content (AvgIpc) is 2.93. The summed E-state index contributed by atoms with van der Waals surface area (Å²) in [6, 6.07) is 24.2. The molecule has 5 aromatic rings. The van der Waals surface area contributed by atoms with E-state index >= 15 is 0 Å². The first-order valence-corrected chi connectivity index (χ1v) is 13.1. The molecule has 0 aliphatic rings. The quantitative estimate of drug-likeness (QED) is 0.147. The summed E-state index contributed by atoms with van der Waals surface area (Å²) >= 11 is 18.7. The summed E-state index contributed by atoms with van der Waals surface area (Å²) in [4.78, 5) is 13.9. The Balaban J connectivity index is 1.49. The molecule has 0 atom stereocenters. The van der Waals surface area contributed by atoms with Crippen LogP contribution in [0.1, 0.15) is 0 Å². The molecule has 0 amide bonds. The highest BCUT2D eigenvalue weighted by molar-refractivity contribution is 7.80. The van der Waals surface area contributed by atoms with E-state index in [4.69, 9.17) is 50.9 Å². The zero-order valence-electron chi connectivity index (χ0n) is 20.5. The standard InChI is InChI=1S/C28H23Cl2N7OS/c29-22-7-4-8-23(30)24(22)21-15-17-16-32-27(33-19-9-11-20(12-10-19)38-14-13-31)36-25(17)35-26(21)37-28(39)34-18-5-2-1-3-6-18/h1-12,15-16H,13-14,31H2,(H3,32,33,34,35,36,37,39). The van der Waals surface area contributed by atoms with Gasteiger partial charge in [0.2, 0.25) is 5.95 Å². The van der Waals surface area contributed by atoms with Crippen molar-refractivity contribution in [3.63, 3.8) is 0 Å². The Morgan fingerprint density at radius 1 is 0.872 bits per heavy atom. The number of ether oxygens (including phenoxy) is 1. The molecule has 0 unspecified atom stereocenters. The predicted molar refractivity (Wildman–Crippen MR) is 163 cm³/mol. The second-order valence-electron chi connectivity index (χ2n) is 8.32. The average molecular weight is 577 g/mol. The smallest absolute Gasteiger partial charge is 0.229 e. The summed E-state index contributed by atoms with van der Waals surface area (Å²) < 4.78 is 5.53. The third kappa shape index (κ3) is 6.52. The number of hydrogen-bond acceptors (Lipinski definition) is 7. The fourth-order valence-corrected chi connectivity index (χ4v) is 4.61. The number of hydrogen-bond donors (Lipinski definition) is 4. The van der Waals surface area contributed by atoms with Gasteiger partial charge in [-0.2, -0.15) is 4.98 Å². The van der Waals surface area contributed by atoms with Gasteiger partial charge in [-0.1, -0.05) is 47.5 Å². The van der Waals surface area contributed by atoms with Gasteiger partial charge < -0.3 is 26.4 Å². The molecule has 0 saturated heterocycles. The van der Waals surface area contributed by atoms with Gasteiger partial charge in [0, 0.05) is 40.6 Å². The number of fused-ring (bicyclic) bond motifs is 1. The van der Waals surface area contributed by atoms with Gasteiger partial charge in [-0.05, 0) is 66.8 Å². The third-order valence-electron chi connectivity index (χ3n) is 5.56. The van der Waals surface area contributed by atoms with E-state index in [1.54, 1.807) is 24.4 Å². The van der Waals surface area contributed by atoms with Crippen LogP contribution in [0, 0.1) is 0 Å². The Morgan fingerprint density at radius 2 is 1.62 bits per heavy atom. The number of aromatic nitrogens is 3. The van der Waals surface area contributed by atoms with Gasteiger partial charge in [0.15, 0.2) is 10.8 Å². The molecule has 8 nitrogen and oxygen atoms in total. The molecule has 0 fully saturated rings. The van der Waals surface area contributed by atoms with Gasteiger partial charge in [-0.3, -0.25) is 0 Å². The van der Waals surface area contributed by atoms with Crippen LogP contribution in [-0.4, -0.2) is 33.2 Å². The summed E-state index contributed by atoms with van der Waals surface area (Å²) in [6.45, 7) is 0.903. The molecule has 0 radical (unpaired) electrons. The lowest BCUT2D eigenvalue weighted by Gasteiger charge is -2.16. The van der Waals surface area contributed by atoms with E-state index in [1.807, 2.05) is 60.7 Å². The molecule has 2 heterocycles. The van der Waals surface area contributed by atoms with Crippen molar-refractivity contribution >= 4 is 74.7 Å². The van der Waals surface area contributed by atoms with Crippen molar-refractivity contribution in [2.75, 3.05) is 29.1 Å². The van der Waals surface area contributed by atoms with Crippen molar-refractivity contribution in [3.8, 4) is 16.9 Å². The fraction of sp³-hybridized carbons (Fsp3) is 0.0714. The predicted octanol–water partition coefficient (Wildman–Crippen LogP) is 6.89. The van der Waals surface area contributed by atoms with Gasteiger partial charge >= 0.3 is 0 Å². The molecule has 5 rings (SSSR count). The number of nitrogens with zero attached hydrogens (tertiary/aromatic N) is 3. The first-order valence-electron chi connectivity index (χ1n) is 12.0. The Kier molecular flexibility index (Phi) is 8.33. The van der Waals surface area contributed by atoms with Gasteiger partial charge in [-0.15, -0.1) is 0 Å². The van der Waals surface area contributed by atoms with Crippen LogP contribution in [0.5, 0.6) is 5.75 Å². The number of pyridine rings is 1. The molecule has 11 heteroatoms. The topological polar surface area (TPSA) is 110 Å². The minimum Gasteiger partial charge on any atom is -0.492 e. The molecule has 0 aliphatic carbocycles. The maximum atomic E-state index is 6.56. The molecule has 39 heavy (non-hydrogen) atoms. The van der Waals surface area contributed by atoms with Crippen LogP contribution in [0.25, 0.3) is 22.2 Å². The van der Waals surface area contributed by atoms with Crippen LogP contribution in [0.3, 0.4) is 0 Å². The summed E-state index contributed by atoms with van der Waals surface area (Å²) in [5, 5.41) is 11.5. The number of nitrogens with two attached hydrogens (primary N) is 1. The van der Waals surface area contributed by atoms with E-state index < -0.39 is 0 Å². The lowest BCUT2D eigenvalue weighted by atomic mass is 10.0. The summed E-state index contributed by atoms with van der Waals surface area (Å²) in [7, 11) is 0. The monoisotopic (exact) mass is 575 g/mol. The number of nitrogens with one attached hydrogen (secondary N) is 3. The van der Waals surface area contributed by atoms with Gasteiger partial charge in [0.1, 0.15) is 18.2 Å². The highest BCUT2D eigenvalue weighted by Crippen LogP contribution is 2.39. The first-order chi connectivity index (χ1) is 19.0. The largest absolute Gasteiger partial charge is 0.492 e. The highest BCUT2D eigenvalue weighted by Gasteiger charge is 2.17. The SMILES string of the molecule is NCCOc1ccc(Nc2ncc3cc(-c4c(Cl)cccc4Cl)c(NC(=S)Nc4ccccc4)nc3n2)cc1. The van der Waals surface area contributed by atoms with E-state index in [0.29, 0.717) is 62.2 Å². The van der Waals surface area contributed by atoms with Crippen molar-refractivity contribution < 1.29 is 4.74 Å². The Morgan fingerprint density at radius 3 is 2.33 bits per heavy atom. The molecule has 196 valence electrons. The van der Waals surface area contributed by atoms with Crippen LogP contribution in [0.15, 0.2) is 85.1 Å². The Labute approximate surface area is 240 Å². The summed E-state index contributed by atoms with van der Waals surface area (Å²) in [5.41, 5.74) is 8.86. The van der Waals surface area contributed by atoms with E-state index in [1.165, 1.54) is 0 Å². The molecule has 5 N–H and O–H groups in total.